The molecule has 2 aromatic rings. The number of likely N-dealkylation sites (N-methyl/N-ethyl adjacent to an activating group) is 1. The summed E-state index contributed by atoms with van der Waals surface area (Å²) in [7, 11) is 1.72. The summed E-state index contributed by atoms with van der Waals surface area (Å²) in [6, 6.07) is 15.1. The number of carbonyl (C=O) groups excluding carboxylic acids is 1. The van der Waals surface area contributed by atoms with Crippen molar-refractivity contribution < 1.29 is 4.79 Å². The lowest BCUT2D eigenvalue weighted by molar-refractivity contribution is -0.119. The molecule has 2 N–H and O–H groups in total. The van der Waals surface area contributed by atoms with E-state index in [0.29, 0.717) is 22.4 Å². The first-order chi connectivity index (χ1) is 13.0. The molecule has 1 unspecified atom stereocenters. The summed E-state index contributed by atoms with van der Waals surface area (Å²) in [4.78, 5) is 19.3. The summed E-state index contributed by atoms with van der Waals surface area (Å²) in [5.41, 5.74) is 3.09. The van der Waals surface area contributed by atoms with Crippen LogP contribution in [0.15, 0.2) is 66.2 Å². The van der Waals surface area contributed by atoms with Gasteiger partial charge in [0.25, 0.3) is 5.91 Å². The first-order valence-corrected chi connectivity index (χ1v) is 9.16. The van der Waals surface area contributed by atoms with Gasteiger partial charge in [-0.2, -0.15) is 0 Å². The lowest BCUT2D eigenvalue weighted by atomic mass is 10.0. The third-order valence-corrected chi connectivity index (χ3v) is 4.62. The van der Waals surface area contributed by atoms with Crippen molar-refractivity contribution in [2.75, 3.05) is 18.5 Å². The third kappa shape index (κ3) is 4.18. The molecule has 0 aliphatic carbocycles. The number of aliphatic imine (C=N–C) groups is 1. The predicted octanol–water partition coefficient (Wildman–Crippen LogP) is 3.13. The SMILES string of the molecule is C=CCNC(=S)NC1N=C(c2ccccc2)c2cc(Cl)ccc2N(C)C1=O. The second-order valence-electron chi connectivity index (χ2n) is 5.95. The Morgan fingerprint density at radius 3 is 2.78 bits per heavy atom. The van der Waals surface area contributed by atoms with Gasteiger partial charge in [0, 0.05) is 29.7 Å². The summed E-state index contributed by atoms with van der Waals surface area (Å²) >= 11 is 11.5. The lowest BCUT2D eigenvalue weighted by Crippen LogP contribution is -2.49. The largest absolute Gasteiger partial charge is 0.359 e. The number of nitrogens with one attached hydrogen (secondary N) is 2. The predicted molar refractivity (Wildman–Crippen MR) is 115 cm³/mol. The second-order valence-corrected chi connectivity index (χ2v) is 6.79. The summed E-state index contributed by atoms with van der Waals surface area (Å²) in [6.07, 6.45) is 0.826. The van der Waals surface area contributed by atoms with Crippen LogP contribution >= 0.6 is 23.8 Å². The lowest BCUT2D eigenvalue weighted by Gasteiger charge is -2.21. The van der Waals surface area contributed by atoms with E-state index in [9.17, 15) is 4.79 Å². The number of thiocarbonyl (C=S) groups is 1. The van der Waals surface area contributed by atoms with Crippen LogP contribution in [0.5, 0.6) is 0 Å². The van der Waals surface area contributed by atoms with Gasteiger partial charge >= 0.3 is 0 Å². The quantitative estimate of drug-likeness (QED) is 0.613. The number of benzene rings is 2. The van der Waals surface area contributed by atoms with E-state index in [1.165, 1.54) is 0 Å². The molecule has 5 nitrogen and oxygen atoms in total. The highest BCUT2D eigenvalue weighted by molar-refractivity contribution is 7.80. The molecule has 0 saturated carbocycles. The number of benzodiazepines with no additional fused rings is 1. The van der Waals surface area contributed by atoms with Crippen molar-refractivity contribution in [1.82, 2.24) is 10.6 Å². The normalized spacial score (nSPS) is 16.1. The van der Waals surface area contributed by atoms with Gasteiger partial charge in [-0.15, -0.1) is 6.58 Å². The van der Waals surface area contributed by atoms with E-state index in [0.717, 1.165) is 16.8 Å². The van der Waals surface area contributed by atoms with Gasteiger partial charge in [-0.1, -0.05) is 48.0 Å². The zero-order valence-electron chi connectivity index (χ0n) is 14.8. The van der Waals surface area contributed by atoms with Gasteiger partial charge in [0.15, 0.2) is 5.11 Å². The minimum absolute atomic E-state index is 0.216. The van der Waals surface area contributed by atoms with E-state index in [1.54, 1.807) is 24.1 Å². The Morgan fingerprint density at radius 2 is 2.07 bits per heavy atom. The molecule has 2 aromatic carbocycles. The third-order valence-electron chi connectivity index (χ3n) is 4.12. The van der Waals surface area contributed by atoms with Gasteiger partial charge in [0.2, 0.25) is 6.17 Å². The Kier molecular flexibility index (Phi) is 5.88. The second kappa shape index (κ2) is 8.33. The molecule has 1 aliphatic heterocycles. The number of hydrogen-bond acceptors (Lipinski definition) is 3. The molecule has 0 bridgehead atoms. The molecule has 0 spiro atoms. The maximum atomic E-state index is 13.0. The smallest absolute Gasteiger partial charge is 0.272 e. The Labute approximate surface area is 168 Å². The van der Waals surface area contributed by atoms with Crippen LogP contribution < -0.4 is 15.5 Å². The highest BCUT2D eigenvalue weighted by atomic mass is 35.5. The number of fused-ring (bicyclic) bond motifs is 1. The molecule has 3 rings (SSSR count). The molecule has 0 saturated heterocycles. The van der Waals surface area contributed by atoms with Gasteiger partial charge in [0.1, 0.15) is 0 Å². The van der Waals surface area contributed by atoms with Crippen molar-refractivity contribution in [3.63, 3.8) is 0 Å². The number of hydrogen-bond donors (Lipinski definition) is 2. The van der Waals surface area contributed by atoms with Crippen LogP contribution in [0.4, 0.5) is 5.69 Å². The number of halogens is 1. The molecule has 1 heterocycles. The minimum Gasteiger partial charge on any atom is -0.359 e. The van der Waals surface area contributed by atoms with Crippen molar-refractivity contribution in [2.45, 2.75) is 6.17 Å². The van der Waals surface area contributed by atoms with Gasteiger partial charge in [-0.3, -0.25) is 4.79 Å². The van der Waals surface area contributed by atoms with Crippen molar-refractivity contribution in [2.24, 2.45) is 4.99 Å². The Morgan fingerprint density at radius 1 is 1.33 bits per heavy atom. The van der Waals surface area contributed by atoms with Crippen LogP contribution in [0.1, 0.15) is 11.1 Å². The zero-order valence-corrected chi connectivity index (χ0v) is 16.3. The highest BCUT2D eigenvalue weighted by Gasteiger charge is 2.30. The zero-order chi connectivity index (χ0) is 19.4. The van der Waals surface area contributed by atoms with Crippen molar-refractivity contribution in [3.05, 3.63) is 77.3 Å². The maximum Gasteiger partial charge on any atom is 0.272 e. The molecule has 1 aliphatic rings. The first-order valence-electron chi connectivity index (χ1n) is 8.37. The molecule has 0 aromatic heterocycles. The van der Waals surface area contributed by atoms with Crippen molar-refractivity contribution >= 4 is 46.2 Å². The molecular weight excluding hydrogens is 380 g/mol. The van der Waals surface area contributed by atoms with Crippen LogP contribution in [0.25, 0.3) is 0 Å². The number of rotatable bonds is 4. The molecule has 138 valence electrons. The number of amides is 1. The van der Waals surface area contributed by atoms with E-state index in [1.807, 2.05) is 42.5 Å². The first kappa shape index (κ1) is 19.1. The van der Waals surface area contributed by atoms with Crippen LogP contribution in [-0.4, -0.2) is 36.5 Å². The van der Waals surface area contributed by atoms with E-state index in [4.69, 9.17) is 28.8 Å². The minimum atomic E-state index is -0.860. The maximum absolute atomic E-state index is 13.0. The van der Waals surface area contributed by atoms with E-state index < -0.39 is 6.17 Å². The van der Waals surface area contributed by atoms with Gasteiger partial charge in [0.05, 0.1) is 11.4 Å². The fraction of sp³-hybridized carbons (Fsp3) is 0.150. The van der Waals surface area contributed by atoms with Crippen LogP contribution in [0.2, 0.25) is 5.02 Å². The van der Waals surface area contributed by atoms with Crippen LogP contribution in [0, 0.1) is 0 Å². The Hall–Kier alpha value is -2.70. The molecule has 0 fully saturated rings. The fourth-order valence-electron chi connectivity index (χ4n) is 2.81. The summed E-state index contributed by atoms with van der Waals surface area (Å²) in [6.45, 7) is 4.14. The van der Waals surface area contributed by atoms with Gasteiger partial charge < -0.3 is 15.5 Å². The molecular formula is C20H19ClN4OS. The summed E-state index contributed by atoms with van der Waals surface area (Å²) in [5, 5.41) is 6.86. The number of carbonyl (C=O) groups is 1. The molecule has 0 radical (unpaired) electrons. The Balaban J connectivity index is 2.09. The highest BCUT2D eigenvalue weighted by Crippen LogP contribution is 2.29. The molecule has 1 atom stereocenters. The average Bonchev–Trinajstić information content (AvgIpc) is 2.77. The number of nitrogens with zero attached hydrogens (tertiary/aromatic N) is 2. The molecule has 7 heteroatoms. The average molecular weight is 399 g/mol. The van der Waals surface area contributed by atoms with Crippen LogP contribution in [0.3, 0.4) is 0 Å². The fourth-order valence-corrected chi connectivity index (χ4v) is 3.17. The van der Waals surface area contributed by atoms with E-state index >= 15 is 0 Å². The van der Waals surface area contributed by atoms with E-state index in [-0.39, 0.29) is 5.91 Å². The Bertz CT molecular complexity index is 913. The molecule has 27 heavy (non-hydrogen) atoms. The summed E-state index contributed by atoms with van der Waals surface area (Å²) < 4.78 is 0. The van der Waals surface area contributed by atoms with Crippen molar-refractivity contribution in [1.29, 1.82) is 0 Å². The molecule has 1 amide bonds. The van der Waals surface area contributed by atoms with Gasteiger partial charge in [-0.05, 0) is 30.4 Å². The summed E-state index contributed by atoms with van der Waals surface area (Å²) in [5.74, 6) is -0.216. The van der Waals surface area contributed by atoms with E-state index in [2.05, 4.69) is 17.2 Å². The standard InChI is InChI=1S/C20H19ClN4OS/c1-3-11-22-20(27)24-18-19(26)25(2)16-10-9-14(21)12-15(16)17(23-18)13-7-5-4-6-8-13/h3-10,12,18H,1,11H2,2H3,(H2,22,24,27). The van der Waals surface area contributed by atoms with Crippen LogP contribution in [-0.2, 0) is 4.79 Å². The van der Waals surface area contributed by atoms with Gasteiger partial charge in [-0.25, -0.2) is 4.99 Å². The topological polar surface area (TPSA) is 56.7 Å². The van der Waals surface area contributed by atoms with Crippen molar-refractivity contribution in [3.8, 4) is 0 Å². The number of anilines is 1. The monoisotopic (exact) mass is 398 g/mol.